The molecule has 0 amide bonds. The van der Waals surface area contributed by atoms with E-state index in [4.69, 9.17) is 9.93 Å². The summed E-state index contributed by atoms with van der Waals surface area (Å²) in [4.78, 5) is 2.39. The first-order valence-electron chi connectivity index (χ1n) is 11.1. The van der Waals surface area contributed by atoms with Gasteiger partial charge in [-0.25, -0.2) is 4.39 Å². The van der Waals surface area contributed by atoms with Crippen LogP contribution in [0.2, 0.25) is 0 Å². The summed E-state index contributed by atoms with van der Waals surface area (Å²) in [5, 5.41) is 18.2. The van der Waals surface area contributed by atoms with E-state index in [-0.39, 0.29) is 11.8 Å². The molecule has 1 aromatic heterocycles. The zero-order valence-electron chi connectivity index (χ0n) is 18.6. The molecule has 0 saturated carbocycles. The van der Waals surface area contributed by atoms with Crippen LogP contribution >= 0.6 is 0 Å². The first kappa shape index (κ1) is 22.0. The fourth-order valence-corrected chi connectivity index (χ4v) is 4.04. The zero-order valence-corrected chi connectivity index (χ0v) is 18.6. The fraction of sp³-hybridized carbons (Fsp3) is 0.360. The van der Waals surface area contributed by atoms with Gasteiger partial charge < -0.3 is 14.7 Å². The van der Waals surface area contributed by atoms with Gasteiger partial charge in [0, 0.05) is 30.1 Å². The summed E-state index contributed by atoms with van der Waals surface area (Å²) in [6.45, 7) is 7.84. The lowest BCUT2D eigenvalue weighted by atomic mass is 9.81. The molecule has 3 aromatic rings. The molecular weight excluding hydrogens is 405 g/mol. The molecule has 1 aliphatic rings. The van der Waals surface area contributed by atoms with Crippen LogP contribution in [-0.2, 0) is 5.41 Å². The first-order chi connectivity index (χ1) is 15.4. The highest BCUT2D eigenvalue weighted by Crippen LogP contribution is 2.34. The fourth-order valence-electron chi connectivity index (χ4n) is 4.04. The summed E-state index contributed by atoms with van der Waals surface area (Å²) >= 11 is 0. The van der Waals surface area contributed by atoms with E-state index < -0.39 is 5.41 Å². The quantitative estimate of drug-likeness (QED) is 0.366. The van der Waals surface area contributed by atoms with Gasteiger partial charge in [-0.3, -0.25) is 10.7 Å². The van der Waals surface area contributed by atoms with Gasteiger partial charge in [0.2, 0.25) is 5.88 Å². The van der Waals surface area contributed by atoms with Gasteiger partial charge in [-0.05, 0) is 43.1 Å². The number of nitrogens with zero attached hydrogens (tertiary/aromatic N) is 2. The Hall–Kier alpha value is -3.19. The molecule has 168 valence electrons. The maximum Gasteiger partial charge on any atom is 0.231 e. The molecule has 0 radical (unpaired) electrons. The number of guanidine groups is 1. The lowest BCUT2D eigenvalue weighted by molar-refractivity contribution is 0.343. The van der Waals surface area contributed by atoms with E-state index in [0.29, 0.717) is 23.7 Å². The summed E-state index contributed by atoms with van der Waals surface area (Å²) in [7, 11) is 0. The Balaban J connectivity index is 1.40. The lowest BCUT2D eigenvalue weighted by Gasteiger charge is -2.23. The van der Waals surface area contributed by atoms with Gasteiger partial charge in [0.1, 0.15) is 5.82 Å². The van der Waals surface area contributed by atoms with Gasteiger partial charge in [-0.1, -0.05) is 61.5 Å². The summed E-state index contributed by atoms with van der Waals surface area (Å²) in [6, 6.07) is 16.6. The summed E-state index contributed by atoms with van der Waals surface area (Å²) in [6.07, 6.45) is 2.51. The maximum atomic E-state index is 14.9. The highest BCUT2D eigenvalue weighted by atomic mass is 19.1. The van der Waals surface area contributed by atoms with Gasteiger partial charge in [0.05, 0.1) is 5.69 Å². The third-order valence-electron chi connectivity index (χ3n) is 6.10. The topological polar surface area (TPSA) is 77.2 Å². The molecule has 4 rings (SSSR count). The van der Waals surface area contributed by atoms with Crippen molar-refractivity contribution in [1.29, 1.82) is 5.41 Å². The second-order valence-electron chi connectivity index (χ2n) is 8.74. The average Bonchev–Trinajstić information content (AvgIpc) is 3.47. The molecule has 6 nitrogen and oxygen atoms in total. The number of anilines is 1. The van der Waals surface area contributed by atoms with E-state index >= 15 is 0 Å². The van der Waals surface area contributed by atoms with E-state index in [1.807, 2.05) is 50.2 Å². The van der Waals surface area contributed by atoms with Crippen LogP contribution < -0.4 is 10.6 Å². The molecule has 0 spiro atoms. The Bertz CT molecular complexity index is 1060. The average molecular weight is 436 g/mol. The highest BCUT2D eigenvalue weighted by molar-refractivity contribution is 5.89. The van der Waals surface area contributed by atoms with Crippen LogP contribution in [0.5, 0.6) is 0 Å². The molecule has 2 heterocycles. The third kappa shape index (κ3) is 4.99. The molecule has 0 aliphatic carbocycles. The molecule has 3 N–H and O–H groups in total. The van der Waals surface area contributed by atoms with Crippen molar-refractivity contribution >= 4 is 11.8 Å². The highest BCUT2D eigenvalue weighted by Gasteiger charge is 2.28. The number of nitrogens with one attached hydrogen (secondary N) is 3. The normalized spacial score (nSPS) is 14.5. The van der Waals surface area contributed by atoms with Crippen LogP contribution in [-0.4, -0.2) is 42.2 Å². The molecule has 0 bridgehead atoms. The smallest absolute Gasteiger partial charge is 0.231 e. The minimum atomic E-state index is -0.565. The van der Waals surface area contributed by atoms with E-state index in [1.54, 1.807) is 18.2 Å². The predicted octanol–water partition coefficient (Wildman–Crippen LogP) is 4.84. The minimum absolute atomic E-state index is 0.169. The van der Waals surface area contributed by atoms with Gasteiger partial charge in [-0.15, -0.1) is 0 Å². The number of likely N-dealkylation sites (tertiary alicyclic amines) is 1. The van der Waals surface area contributed by atoms with Crippen molar-refractivity contribution in [2.45, 2.75) is 32.1 Å². The van der Waals surface area contributed by atoms with Gasteiger partial charge in [0.25, 0.3) is 0 Å². The van der Waals surface area contributed by atoms with Crippen molar-refractivity contribution in [3.63, 3.8) is 0 Å². The Morgan fingerprint density at radius 1 is 1.12 bits per heavy atom. The number of hydrogen-bond acceptors (Lipinski definition) is 4. The Morgan fingerprint density at radius 3 is 2.59 bits per heavy atom. The van der Waals surface area contributed by atoms with E-state index in [1.165, 1.54) is 12.8 Å². The van der Waals surface area contributed by atoms with E-state index in [0.717, 1.165) is 30.8 Å². The monoisotopic (exact) mass is 435 g/mol. The lowest BCUT2D eigenvalue weighted by Crippen LogP contribution is -2.36. The van der Waals surface area contributed by atoms with Gasteiger partial charge in [0.15, 0.2) is 5.96 Å². The zero-order chi connectivity index (χ0) is 22.6. The van der Waals surface area contributed by atoms with Crippen LogP contribution in [0, 0.1) is 11.2 Å². The third-order valence-corrected chi connectivity index (χ3v) is 6.10. The Labute approximate surface area is 188 Å². The van der Waals surface area contributed by atoms with Crippen molar-refractivity contribution in [3.05, 3.63) is 71.7 Å². The van der Waals surface area contributed by atoms with Crippen molar-refractivity contribution in [2.24, 2.45) is 0 Å². The van der Waals surface area contributed by atoms with E-state index in [9.17, 15) is 4.39 Å². The number of rotatable bonds is 7. The maximum absolute atomic E-state index is 14.9. The molecule has 2 aromatic carbocycles. The van der Waals surface area contributed by atoms with Crippen molar-refractivity contribution in [1.82, 2.24) is 15.4 Å². The Kier molecular flexibility index (Phi) is 6.55. The second-order valence-corrected chi connectivity index (χ2v) is 8.74. The molecule has 1 aliphatic heterocycles. The summed E-state index contributed by atoms with van der Waals surface area (Å²) in [5.41, 5.74) is 2.31. The minimum Gasteiger partial charge on any atom is -0.355 e. The van der Waals surface area contributed by atoms with Crippen LogP contribution in [0.4, 0.5) is 10.3 Å². The largest absolute Gasteiger partial charge is 0.355 e. The standard InChI is InChI=1S/C25H30FN5O/c1-25(2,19-10-11-20(21(26)16-19)18-8-4-3-5-9-18)22-17-23(32-30-22)29-24(27)28-12-15-31-13-6-7-14-31/h3-5,8-11,16-17H,6-7,12-15H2,1-2H3,(H3,27,28,29). The number of halogens is 1. The predicted molar refractivity (Wildman–Crippen MR) is 125 cm³/mol. The first-order valence-corrected chi connectivity index (χ1v) is 11.1. The molecule has 0 unspecified atom stereocenters. The molecule has 7 heteroatoms. The molecule has 1 saturated heterocycles. The summed E-state index contributed by atoms with van der Waals surface area (Å²) in [5.74, 6) is 0.281. The van der Waals surface area contributed by atoms with Crippen LogP contribution in [0.3, 0.4) is 0 Å². The van der Waals surface area contributed by atoms with Crippen molar-refractivity contribution < 1.29 is 8.91 Å². The van der Waals surface area contributed by atoms with Crippen molar-refractivity contribution in [3.8, 4) is 11.1 Å². The molecule has 32 heavy (non-hydrogen) atoms. The molecule has 1 fully saturated rings. The molecule has 0 atom stereocenters. The van der Waals surface area contributed by atoms with Crippen molar-refractivity contribution in [2.75, 3.05) is 31.5 Å². The number of hydrogen-bond donors (Lipinski definition) is 3. The molecular formula is C25H30FN5O. The van der Waals surface area contributed by atoms with Crippen LogP contribution in [0.15, 0.2) is 59.1 Å². The van der Waals surface area contributed by atoms with Crippen LogP contribution in [0.25, 0.3) is 11.1 Å². The van der Waals surface area contributed by atoms with Crippen LogP contribution in [0.1, 0.15) is 37.9 Å². The van der Waals surface area contributed by atoms with Gasteiger partial charge in [-0.2, -0.15) is 0 Å². The Morgan fingerprint density at radius 2 is 1.88 bits per heavy atom. The summed E-state index contributed by atoms with van der Waals surface area (Å²) < 4.78 is 20.3. The number of aromatic nitrogens is 1. The van der Waals surface area contributed by atoms with E-state index in [2.05, 4.69) is 20.7 Å². The van der Waals surface area contributed by atoms with Gasteiger partial charge >= 0.3 is 0 Å². The number of benzene rings is 2. The SMILES string of the molecule is CC(C)(c1ccc(-c2ccccc2)c(F)c1)c1cc(NC(=N)NCCN2CCCC2)on1. The second kappa shape index (κ2) is 9.53.